The van der Waals surface area contributed by atoms with Crippen LogP contribution in [-0.4, -0.2) is 16.8 Å². The Bertz CT molecular complexity index is 1490. The molecule has 0 aromatic heterocycles. The van der Waals surface area contributed by atoms with Gasteiger partial charge in [-0.2, -0.15) is 0 Å². The molecule has 0 aliphatic carbocycles. The van der Waals surface area contributed by atoms with Crippen molar-refractivity contribution in [3.05, 3.63) is 108 Å². The molecule has 4 aromatic carbocycles. The average Bonchev–Trinajstić information content (AvgIpc) is 2.82. The van der Waals surface area contributed by atoms with Crippen molar-refractivity contribution in [3.8, 4) is 11.5 Å². The highest BCUT2D eigenvalue weighted by Gasteiger charge is 2.18. The number of sulfonamides is 2. The van der Waals surface area contributed by atoms with Crippen LogP contribution in [0.5, 0.6) is 11.5 Å². The first-order valence-electron chi connectivity index (χ1n) is 9.96. The summed E-state index contributed by atoms with van der Waals surface area (Å²) in [4.78, 5) is -0.0113. The Morgan fingerprint density at radius 1 is 0.559 bits per heavy atom. The summed E-state index contributed by atoms with van der Waals surface area (Å²) in [5.74, 6) is 1.13. The van der Waals surface area contributed by atoms with Gasteiger partial charge in [-0.05, 0) is 72.8 Å². The zero-order valence-corrected chi connectivity index (χ0v) is 19.9. The number of halogens is 1. The zero-order valence-electron chi connectivity index (χ0n) is 17.6. The van der Waals surface area contributed by atoms with Crippen LogP contribution in [-0.2, 0) is 20.0 Å². The monoisotopic (exact) mass is 514 g/mol. The molecule has 0 unspecified atom stereocenters. The number of nitrogens with one attached hydrogen (secondary N) is 2. The Hall–Kier alpha value is -3.53. The zero-order chi connectivity index (χ0) is 24.2. The van der Waals surface area contributed by atoms with E-state index in [2.05, 4.69) is 9.44 Å². The third-order valence-electron chi connectivity index (χ3n) is 4.65. The summed E-state index contributed by atoms with van der Waals surface area (Å²) < 4.78 is 61.2. The molecule has 0 atom stereocenters. The van der Waals surface area contributed by atoms with Gasteiger partial charge in [0, 0.05) is 5.69 Å². The summed E-state index contributed by atoms with van der Waals surface area (Å²) in [5, 5.41) is 0.260. The van der Waals surface area contributed by atoms with Gasteiger partial charge in [-0.25, -0.2) is 16.8 Å². The minimum absolute atomic E-state index is 0.0324. The minimum Gasteiger partial charge on any atom is -0.457 e. The van der Waals surface area contributed by atoms with Crippen LogP contribution >= 0.6 is 11.6 Å². The molecule has 7 nitrogen and oxygen atoms in total. The predicted molar refractivity (Wildman–Crippen MR) is 132 cm³/mol. The van der Waals surface area contributed by atoms with Crippen LogP contribution in [0, 0.1) is 0 Å². The van der Waals surface area contributed by atoms with E-state index in [4.69, 9.17) is 16.3 Å². The van der Waals surface area contributed by atoms with Gasteiger partial charge >= 0.3 is 0 Å². The third-order valence-corrected chi connectivity index (χ3v) is 7.76. The van der Waals surface area contributed by atoms with Gasteiger partial charge in [-0.3, -0.25) is 9.44 Å². The summed E-state index contributed by atoms with van der Waals surface area (Å²) in [6.07, 6.45) is 0. The van der Waals surface area contributed by atoms with E-state index in [0.29, 0.717) is 11.5 Å². The molecule has 0 saturated heterocycles. The lowest BCUT2D eigenvalue weighted by molar-refractivity contribution is 0.482. The molecule has 0 saturated carbocycles. The van der Waals surface area contributed by atoms with Gasteiger partial charge in [-0.15, -0.1) is 0 Å². The third kappa shape index (κ3) is 5.69. The molecular formula is C24H19ClN2O5S2. The lowest BCUT2D eigenvalue weighted by atomic mass is 10.3. The summed E-state index contributed by atoms with van der Waals surface area (Å²) in [6, 6.07) is 26.9. The van der Waals surface area contributed by atoms with E-state index in [1.807, 2.05) is 18.2 Å². The molecule has 10 heteroatoms. The van der Waals surface area contributed by atoms with Crippen molar-refractivity contribution in [3.63, 3.8) is 0 Å². The van der Waals surface area contributed by atoms with Crippen LogP contribution in [0.2, 0.25) is 5.02 Å². The van der Waals surface area contributed by atoms with Crippen molar-refractivity contribution in [2.45, 2.75) is 9.79 Å². The number of anilines is 2. The molecule has 0 spiro atoms. The highest BCUT2D eigenvalue weighted by Crippen LogP contribution is 2.26. The van der Waals surface area contributed by atoms with Crippen LogP contribution in [0.4, 0.5) is 11.4 Å². The highest BCUT2D eigenvalue weighted by atomic mass is 35.5. The van der Waals surface area contributed by atoms with Gasteiger partial charge in [0.1, 0.15) is 11.5 Å². The summed E-state index contributed by atoms with van der Waals surface area (Å²) >= 11 is 6.01. The highest BCUT2D eigenvalue weighted by molar-refractivity contribution is 7.93. The largest absolute Gasteiger partial charge is 0.457 e. The summed E-state index contributed by atoms with van der Waals surface area (Å²) in [5.41, 5.74) is 0.454. The van der Waals surface area contributed by atoms with E-state index in [0.717, 1.165) is 0 Å². The lowest BCUT2D eigenvalue weighted by Gasteiger charge is -2.12. The number of ether oxygens (including phenoxy) is 1. The number of hydrogen-bond donors (Lipinski definition) is 2. The van der Waals surface area contributed by atoms with E-state index < -0.39 is 20.0 Å². The maximum absolute atomic E-state index is 12.7. The molecule has 174 valence electrons. The Kier molecular flexibility index (Phi) is 6.78. The first kappa shape index (κ1) is 23.6. The number of rotatable bonds is 8. The van der Waals surface area contributed by atoms with Gasteiger partial charge in [0.15, 0.2) is 0 Å². The van der Waals surface area contributed by atoms with E-state index >= 15 is 0 Å². The van der Waals surface area contributed by atoms with Crippen LogP contribution in [0.1, 0.15) is 0 Å². The lowest BCUT2D eigenvalue weighted by Crippen LogP contribution is -2.14. The molecule has 0 fully saturated rings. The Morgan fingerprint density at radius 2 is 1.06 bits per heavy atom. The van der Waals surface area contributed by atoms with Gasteiger partial charge in [0.25, 0.3) is 20.0 Å². The number of benzene rings is 4. The topological polar surface area (TPSA) is 102 Å². The Morgan fingerprint density at radius 3 is 1.68 bits per heavy atom. The first-order chi connectivity index (χ1) is 16.2. The molecule has 4 aromatic rings. The van der Waals surface area contributed by atoms with E-state index in [9.17, 15) is 16.8 Å². The normalized spacial score (nSPS) is 11.6. The fraction of sp³-hybridized carbons (Fsp3) is 0. The molecule has 0 heterocycles. The molecule has 0 bridgehead atoms. The molecule has 2 N–H and O–H groups in total. The molecule has 34 heavy (non-hydrogen) atoms. The fourth-order valence-electron chi connectivity index (χ4n) is 2.98. The molecule has 4 rings (SSSR count). The average molecular weight is 515 g/mol. The standard InChI is InChI=1S/C24H19ClN2O5S2/c25-23-8-4-5-9-24(23)27-34(30,31)21-14-10-18(11-15-21)26-33(28,29)22-16-12-20(13-17-22)32-19-6-2-1-3-7-19/h1-17,26-27H. The number of hydrogen-bond acceptors (Lipinski definition) is 5. The van der Waals surface area contributed by atoms with Crippen LogP contribution in [0.3, 0.4) is 0 Å². The van der Waals surface area contributed by atoms with E-state index in [-0.39, 0.29) is 26.2 Å². The van der Waals surface area contributed by atoms with Crippen molar-refractivity contribution in [2.24, 2.45) is 0 Å². The maximum Gasteiger partial charge on any atom is 0.261 e. The second-order valence-electron chi connectivity index (χ2n) is 7.10. The Labute approximate surface area is 203 Å². The van der Waals surface area contributed by atoms with Crippen molar-refractivity contribution in [1.29, 1.82) is 0 Å². The van der Waals surface area contributed by atoms with Gasteiger partial charge in [-0.1, -0.05) is 41.9 Å². The summed E-state index contributed by atoms with van der Waals surface area (Å²) in [6.45, 7) is 0. The molecule has 0 aliphatic heterocycles. The quantitative estimate of drug-likeness (QED) is 0.312. The smallest absolute Gasteiger partial charge is 0.261 e. The van der Waals surface area contributed by atoms with Crippen LogP contribution < -0.4 is 14.2 Å². The molecule has 0 aliphatic rings. The second kappa shape index (κ2) is 9.76. The Balaban J connectivity index is 1.45. The summed E-state index contributed by atoms with van der Waals surface area (Å²) in [7, 11) is -7.80. The van der Waals surface area contributed by atoms with Crippen molar-refractivity contribution >= 4 is 43.0 Å². The maximum atomic E-state index is 12.7. The van der Waals surface area contributed by atoms with E-state index in [1.165, 1.54) is 36.4 Å². The van der Waals surface area contributed by atoms with Gasteiger partial charge < -0.3 is 4.74 Å². The molecule has 0 amide bonds. The first-order valence-corrected chi connectivity index (χ1v) is 13.3. The second-order valence-corrected chi connectivity index (χ2v) is 10.9. The fourth-order valence-corrected chi connectivity index (χ4v) is 5.35. The van der Waals surface area contributed by atoms with Crippen molar-refractivity contribution < 1.29 is 21.6 Å². The predicted octanol–water partition coefficient (Wildman–Crippen LogP) is 5.73. The molecule has 0 radical (unpaired) electrons. The van der Waals surface area contributed by atoms with Crippen LogP contribution in [0.25, 0.3) is 0 Å². The van der Waals surface area contributed by atoms with Crippen molar-refractivity contribution in [1.82, 2.24) is 0 Å². The molecular weight excluding hydrogens is 496 g/mol. The SMILES string of the molecule is O=S(=O)(Nc1ccc(S(=O)(=O)Nc2ccccc2Cl)cc1)c1ccc(Oc2ccccc2)cc1. The van der Waals surface area contributed by atoms with Crippen molar-refractivity contribution in [2.75, 3.05) is 9.44 Å². The van der Waals surface area contributed by atoms with Gasteiger partial charge in [0.05, 0.1) is 20.5 Å². The minimum atomic E-state index is -3.90. The number of para-hydroxylation sites is 2. The van der Waals surface area contributed by atoms with Crippen LogP contribution in [0.15, 0.2) is 113 Å². The van der Waals surface area contributed by atoms with Gasteiger partial charge in [0.2, 0.25) is 0 Å². The van der Waals surface area contributed by atoms with E-state index in [1.54, 1.807) is 48.5 Å².